The minimum atomic E-state index is 0.689. The normalized spacial score (nSPS) is 12.1. The summed E-state index contributed by atoms with van der Waals surface area (Å²) in [7, 11) is 0. The molecule has 0 radical (unpaired) electrons. The van der Waals surface area contributed by atoms with E-state index in [9.17, 15) is 0 Å². The van der Waals surface area contributed by atoms with Crippen LogP contribution in [0, 0.1) is 0 Å². The molecule has 12 nitrogen and oxygen atoms in total. The third-order valence-corrected chi connectivity index (χ3v) is 24.4. The number of rotatable bonds is 9. The molecule has 125 heavy (non-hydrogen) atoms. The molecule has 9 heterocycles. The van der Waals surface area contributed by atoms with Crippen LogP contribution < -0.4 is 14.7 Å². The quantitative estimate of drug-likeness (QED) is 0.137. The molecule has 23 aromatic rings. The summed E-state index contributed by atoms with van der Waals surface area (Å²) < 4.78 is 0. The zero-order chi connectivity index (χ0) is 82.4. The summed E-state index contributed by atoms with van der Waals surface area (Å²) in [5.41, 5.74) is 29.1. The summed E-state index contributed by atoms with van der Waals surface area (Å²) in [4.78, 5) is 50.6. The van der Waals surface area contributed by atoms with Crippen molar-refractivity contribution in [2.24, 2.45) is 0 Å². The average Bonchev–Trinajstić information content (AvgIpc) is 0.728. The second-order valence-electron chi connectivity index (χ2n) is 31.5. The Labute approximate surface area is 719 Å². The van der Waals surface area contributed by atoms with E-state index in [1.165, 1.54) is 99.5 Å². The highest BCUT2D eigenvalue weighted by atomic mass is 15.2. The highest BCUT2D eigenvalue weighted by molar-refractivity contribution is 6.19. The van der Waals surface area contributed by atoms with Crippen molar-refractivity contribution in [1.29, 1.82) is 0 Å². The van der Waals surface area contributed by atoms with Crippen molar-refractivity contribution < 1.29 is 0 Å². The summed E-state index contributed by atoms with van der Waals surface area (Å²) in [6, 6.07) is 139. The fourth-order valence-electron chi connectivity index (χ4n) is 18.8. The Morgan fingerprint density at radius 1 is 0.192 bits per heavy atom. The summed E-state index contributed by atoms with van der Waals surface area (Å²) >= 11 is 0. The van der Waals surface area contributed by atoms with Gasteiger partial charge in [0.15, 0.2) is 17.5 Å². The lowest BCUT2D eigenvalue weighted by atomic mass is 9.90. The molecule has 3 aliphatic rings. The molecule has 0 fully saturated rings. The van der Waals surface area contributed by atoms with Crippen molar-refractivity contribution in [3.63, 3.8) is 0 Å². The van der Waals surface area contributed by atoms with E-state index in [-0.39, 0.29) is 0 Å². The number of fused-ring (bicyclic) bond motifs is 11. The molecule has 0 aliphatic carbocycles. The smallest absolute Gasteiger partial charge is 0.161 e. The van der Waals surface area contributed by atoms with Gasteiger partial charge in [-0.2, -0.15) is 0 Å². The fourth-order valence-corrected chi connectivity index (χ4v) is 18.8. The van der Waals surface area contributed by atoms with Gasteiger partial charge in [-0.25, -0.2) is 29.9 Å². The number of nitrogens with zero attached hydrogens (tertiary/aromatic N) is 12. The first-order valence-electron chi connectivity index (χ1n) is 42.0. The summed E-state index contributed by atoms with van der Waals surface area (Å²) in [5.74, 6) is 2.09. The molecule has 0 saturated heterocycles. The van der Waals surface area contributed by atoms with Gasteiger partial charge in [0, 0.05) is 125 Å². The Kier molecular flexibility index (Phi) is 17.3. The number of hydrogen-bond acceptors (Lipinski definition) is 12. The number of anilines is 9. The Morgan fingerprint density at radius 3 is 1.19 bits per heavy atom. The highest BCUT2D eigenvalue weighted by Crippen LogP contribution is 2.56. The molecule has 0 spiro atoms. The van der Waals surface area contributed by atoms with Crippen LogP contribution in [0.5, 0.6) is 0 Å². The van der Waals surface area contributed by atoms with Gasteiger partial charge in [0.25, 0.3) is 0 Å². The van der Waals surface area contributed by atoms with Crippen molar-refractivity contribution >= 4 is 138 Å². The fraction of sp³-hybridized carbons (Fsp3) is 0. The van der Waals surface area contributed by atoms with E-state index in [1.807, 2.05) is 109 Å². The molecule has 0 unspecified atom stereocenters. The standard InChI is InChI=1S/2C39H24N4.C35H22N4/c1-3-12-34-33(10-1)38(26-19-21-40-22-20-26)42-39(41-34)29-16-15-28-24-30(18-17-27(28)23-29)43-35-13-4-2-9-31(35)32-11-5-7-25-8-6-14-36(43)37(25)32;1-3-19-32-31(14-1)38(33-20-5-6-24-40-33)42-39(41-32)30-18-9-16-27-26(30)15-10-22-35(27)43-34-21-4-2-13-28(34)29-17-7-11-25-12-8-23-36(43)37(25)29;1-3-17-30-29(15-1)34(25-12-8-20-36-22-25)38-35(37-30)24-11-5-13-26(21-24)39-31-18-4-2-14-27(31)28-16-6-9-23-10-7-19-32(39)33(23)28/h2*1-24H;1-22H. The number of para-hydroxylation sites is 6. The molecule has 0 atom stereocenters. The monoisotopic (exact) mass is 1590 g/mol. The topological polar surface area (TPSA) is 126 Å². The third-order valence-electron chi connectivity index (χ3n) is 24.4. The Morgan fingerprint density at radius 2 is 0.608 bits per heavy atom. The molecule has 12 heteroatoms. The summed E-state index contributed by atoms with van der Waals surface area (Å²) in [5, 5.41) is 15.1. The van der Waals surface area contributed by atoms with Crippen LogP contribution in [0.25, 0.3) is 188 Å². The van der Waals surface area contributed by atoms with Crippen LogP contribution in [0.4, 0.5) is 51.2 Å². The number of pyridine rings is 3. The molecule has 0 N–H and O–H groups in total. The number of aromatic nitrogens is 9. The van der Waals surface area contributed by atoms with E-state index in [1.54, 1.807) is 18.6 Å². The van der Waals surface area contributed by atoms with Crippen LogP contribution in [0.15, 0.2) is 425 Å². The predicted octanol–water partition coefficient (Wildman–Crippen LogP) is 29.2. The largest absolute Gasteiger partial charge is 0.309 e. The Hall–Kier alpha value is -17.1. The van der Waals surface area contributed by atoms with Gasteiger partial charge in [0.1, 0.15) is 5.69 Å². The van der Waals surface area contributed by atoms with Gasteiger partial charge < -0.3 is 14.7 Å². The molecule has 582 valence electrons. The van der Waals surface area contributed by atoms with Gasteiger partial charge in [0.05, 0.1) is 73.4 Å². The number of benzene rings is 17. The van der Waals surface area contributed by atoms with Gasteiger partial charge in [-0.3, -0.25) is 15.0 Å². The maximum Gasteiger partial charge on any atom is 0.161 e. The van der Waals surface area contributed by atoms with Crippen LogP contribution >= 0.6 is 0 Å². The van der Waals surface area contributed by atoms with Crippen molar-refractivity contribution in [2.75, 3.05) is 14.7 Å². The molecular formula is C113H70N12. The molecular weight excluding hydrogens is 1530 g/mol. The lowest BCUT2D eigenvalue weighted by Crippen LogP contribution is -2.15. The van der Waals surface area contributed by atoms with Gasteiger partial charge in [-0.05, 0) is 176 Å². The molecule has 17 aromatic carbocycles. The van der Waals surface area contributed by atoms with Gasteiger partial charge in [-0.1, -0.05) is 267 Å². The second-order valence-corrected chi connectivity index (χ2v) is 31.5. The lowest BCUT2D eigenvalue weighted by Gasteiger charge is -2.34. The minimum Gasteiger partial charge on any atom is -0.309 e. The van der Waals surface area contributed by atoms with Crippen LogP contribution in [-0.2, 0) is 0 Å². The number of hydrogen-bond donors (Lipinski definition) is 0. The van der Waals surface area contributed by atoms with Crippen molar-refractivity contribution in [3.8, 4) is 101 Å². The summed E-state index contributed by atoms with van der Waals surface area (Å²) in [6.07, 6.45) is 9.06. The Bertz CT molecular complexity index is 8270. The second kappa shape index (κ2) is 30.0. The van der Waals surface area contributed by atoms with Crippen molar-refractivity contribution in [3.05, 3.63) is 425 Å². The molecule has 0 bridgehead atoms. The molecule has 0 amide bonds. The van der Waals surface area contributed by atoms with Crippen LogP contribution in [0.1, 0.15) is 0 Å². The van der Waals surface area contributed by atoms with Crippen molar-refractivity contribution in [1.82, 2.24) is 44.9 Å². The first-order chi connectivity index (χ1) is 62.0. The molecule has 26 rings (SSSR count). The SMILES string of the molecule is c1ccc(-c2nc(-c3cccc4c(N5c6ccccc6-c6cccc7cccc5c67)cccc34)nc3ccccc23)nc1.c1ccc2c(c1)-c1cccc3cccc(c13)N2c1ccc2cc(-c3nc(-c4ccncc4)c4ccccc4n3)ccc2c1.c1cncc(-c2nc(-c3cccc(N4c5ccccc5-c5cccc6cccc4c56)c3)nc3ccccc23)c1. The van der Waals surface area contributed by atoms with E-state index in [0.29, 0.717) is 17.5 Å². The molecule has 0 saturated carbocycles. The van der Waals surface area contributed by atoms with Gasteiger partial charge in [-0.15, -0.1) is 0 Å². The lowest BCUT2D eigenvalue weighted by molar-refractivity contribution is 1.20. The van der Waals surface area contributed by atoms with E-state index in [4.69, 9.17) is 29.9 Å². The van der Waals surface area contributed by atoms with Gasteiger partial charge >= 0.3 is 0 Å². The van der Waals surface area contributed by atoms with E-state index < -0.39 is 0 Å². The first kappa shape index (κ1) is 72.0. The molecule has 6 aromatic heterocycles. The van der Waals surface area contributed by atoms with Gasteiger partial charge in [0.2, 0.25) is 0 Å². The Balaban J connectivity index is 0.000000105. The third kappa shape index (κ3) is 12.3. The zero-order valence-electron chi connectivity index (χ0n) is 67.3. The first-order valence-corrected chi connectivity index (χ1v) is 42.0. The predicted molar refractivity (Wildman–Crippen MR) is 513 cm³/mol. The van der Waals surface area contributed by atoms with E-state index in [0.717, 1.165) is 122 Å². The van der Waals surface area contributed by atoms with Crippen molar-refractivity contribution in [2.45, 2.75) is 0 Å². The van der Waals surface area contributed by atoms with Crippen LogP contribution in [0.2, 0.25) is 0 Å². The van der Waals surface area contributed by atoms with E-state index >= 15 is 0 Å². The van der Waals surface area contributed by atoms with E-state index in [2.05, 4.69) is 327 Å². The average molecular weight is 1600 g/mol. The highest BCUT2D eigenvalue weighted by Gasteiger charge is 2.31. The zero-order valence-corrected chi connectivity index (χ0v) is 67.3. The van der Waals surface area contributed by atoms with Crippen LogP contribution in [-0.4, -0.2) is 44.9 Å². The van der Waals surface area contributed by atoms with Crippen LogP contribution in [0.3, 0.4) is 0 Å². The minimum absolute atomic E-state index is 0.689. The molecule has 3 aliphatic heterocycles. The summed E-state index contributed by atoms with van der Waals surface area (Å²) in [6.45, 7) is 0. The maximum absolute atomic E-state index is 5.14. The maximum atomic E-state index is 5.14.